The van der Waals surface area contributed by atoms with E-state index in [-0.39, 0.29) is 0 Å². The van der Waals surface area contributed by atoms with Crippen LogP contribution in [0.4, 0.5) is 0 Å². The van der Waals surface area contributed by atoms with E-state index in [4.69, 9.17) is 19.7 Å². The highest BCUT2D eigenvalue weighted by Gasteiger charge is 2.23. The number of fused-ring (bicyclic) bond motifs is 11. The van der Waals surface area contributed by atoms with Gasteiger partial charge >= 0.3 is 0 Å². The molecule has 0 saturated heterocycles. The van der Waals surface area contributed by atoms with Crippen molar-refractivity contribution in [2.45, 2.75) is 13.3 Å². The maximum atomic E-state index is 6.61. The van der Waals surface area contributed by atoms with Gasteiger partial charge in [0.2, 0.25) is 0 Å². The molecular weight excluding hydrogens is 554 g/mol. The van der Waals surface area contributed by atoms with E-state index in [1.54, 1.807) is 0 Å². The summed E-state index contributed by atoms with van der Waals surface area (Å²) in [6.07, 6.45) is 6.68. The first-order valence-electron chi connectivity index (χ1n) is 15.1. The molecule has 212 valence electrons. The lowest BCUT2D eigenvalue weighted by Gasteiger charge is -2.21. The van der Waals surface area contributed by atoms with E-state index in [0.29, 0.717) is 0 Å². The van der Waals surface area contributed by atoms with Crippen molar-refractivity contribution in [2.24, 2.45) is 0 Å². The molecule has 0 atom stereocenters. The largest absolute Gasteiger partial charge is 0.457 e. The lowest BCUT2D eigenvalue weighted by atomic mass is 9.97. The number of hydrogen-bond donors (Lipinski definition) is 0. The van der Waals surface area contributed by atoms with Gasteiger partial charge in [-0.2, -0.15) is 0 Å². The van der Waals surface area contributed by atoms with Crippen LogP contribution < -0.4 is 4.74 Å². The minimum atomic E-state index is 0.755. The predicted molar refractivity (Wildman–Crippen MR) is 180 cm³/mol. The number of imidazole rings is 1. The van der Waals surface area contributed by atoms with Gasteiger partial charge in [0.25, 0.3) is 0 Å². The Labute approximate surface area is 257 Å². The van der Waals surface area contributed by atoms with Crippen molar-refractivity contribution in [2.75, 3.05) is 0 Å². The van der Waals surface area contributed by atoms with Gasteiger partial charge < -0.3 is 4.74 Å². The van der Waals surface area contributed by atoms with E-state index in [1.165, 1.54) is 33.0 Å². The van der Waals surface area contributed by atoms with Gasteiger partial charge in [-0.1, -0.05) is 48.5 Å². The number of nitrogens with zero attached hydrogens (tertiary/aromatic N) is 5. The van der Waals surface area contributed by atoms with Crippen molar-refractivity contribution in [1.82, 2.24) is 23.9 Å². The average molecular weight is 580 g/mol. The third-order valence-corrected chi connectivity index (χ3v) is 9.21. The van der Waals surface area contributed by atoms with E-state index in [9.17, 15) is 0 Å². The molecule has 4 aromatic carbocycles. The summed E-state index contributed by atoms with van der Waals surface area (Å²) in [6, 6.07) is 35.9. The number of hydrogen-bond acceptors (Lipinski definition) is 4. The van der Waals surface area contributed by atoms with Crippen LogP contribution in [-0.2, 0) is 6.42 Å². The van der Waals surface area contributed by atoms with Gasteiger partial charge in [0.1, 0.15) is 28.4 Å². The van der Waals surface area contributed by atoms with Gasteiger partial charge in [-0.25, -0.2) is 15.0 Å². The van der Waals surface area contributed by atoms with Gasteiger partial charge in [0, 0.05) is 58.2 Å². The average Bonchev–Trinajstić information content (AvgIpc) is 3.67. The topological polar surface area (TPSA) is 57.2 Å². The minimum absolute atomic E-state index is 0.755. The number of para-hydroxylation sites is 1. The number of aromatic nitrogens is 5. The molecular formula is C39H25N5O. The van der Waals surface area contributed by atoms with E-state index < -0.39 is 0 Å². The summed E-state index contributed by atoms with van der Waals surface area (Å²) < 4.78 is 11.0. The molecule has 6 heterocycles. The molecule has 9 aromatic rings. The lowest BCUT2D eigenvalue weighted by molar-refractivity contribution is 0.483. The molecule has 45 heavy (non-hydrogen) atoms. The fourth-order valence-electron chi connectivity index (χ4n) is 7.17. The van der Waals surface area contributed by atoms with Crippen LogP contribution >= 0.6 is 0 Å². The van der Waals surface area contributed by atoms with Crippen LogP contribution in [-0.4, -0.2) is 23.9 Å². The second-order valence-corrected chi connectivity index (χ2v) is 11.8. The summed E-state index contributed by atoms with van der Waals surface area (Å²) in [7, 11) is 0. The van der Waals surface area contributed by atoms with Crippen LogP contribution in [0.15, 0.2) is 122 Å². The first-order valence-corrected chi connectivity index (χ1v) is 15.1. The number of rotatable bonds is 3. The van der Waals surface area contributed by atoms with Gasteiger partial charge in [-0.05, 0) is 77.5 Å². The Morgan fingerprint density at radius 1 is 0.622 bits per heavy atom. The first-order chi connectivity index (χ1) is 22.2. The maximum Gasteiger partial charge on any atom is 0.147 e. The van der Waals surface area contributed by atoms with E-state index >= 15 is 0 Å². The predicted octanol–water partition coefficient (Wildman–Crippen LogP) is 9.20. The van der Waals surface area contributed by atoms with Crippen LogP contribution in [0.5, 0.6) is 11.5 Å². The fourth-order valence-corrected chi connectivity index (χ4v) is 7.17. The summed E-state index contributed by atoms with van der Waals surface area (Å²) in [5, 5.41) is 5.58. The molecule has 10 rings (SSSR count). The standard InChI is InChI=1S/C39H25N5O/c1-23-7-2-3-9-28(23)34-22-43-37-31(11-5-17-40-37)29-16-15-26(20-33(29)39(43)42-34)45-27-14-13-24-19-25-8-4-10-30-32-12-6-18-41-38(32)44(36(25)30)35(24)21-27/h2-18,20-22H,19H2,1H3. The highest BCUT2D eigenvalue weighted by atomic mass is 16.5. The zero-order chi connectivity index (χ0) is 29.6. The normalized spacial score (nSPS) is 12.5. The zero-order valence-electron chi connectivity index (χ0n) is 24.4. The third-order valence-electron chi connectivity index (χ3n) is 9.21. The smallest absolute Gasteiger partial charge is 0.147 e. The molecule has 0 radical (unpaired) electrons. The molecule has 6 heteroatoms. The summed E-state index contributed by atoms with van der Waals surface area (Å²) in [5.41, 5.74) is 10.8. The summed E-state index contributed by atoms with van der Waals surface area (Å²) in [4.78, 5) is 14.7. The van der Waals surface area contributed by atoms with Crippen molar-refractivity contribution in [3.63, 3.8) is 0 Å². The molecule has 0 spiro atoms. The number of aryl methyl sites for hydroxylation is 1. The molecule has 0 amide bonds. The highest BCUT2D eigenvalue weighted by molar-refractivity contribution is 6.12. The van der Waals surface area contributed by atoms with Gasteiger partial charge in [-0.3, -0.25) is 8.97 Å². The van der Waals surface area contributed by atoms with Crippen molar-refractivity contribution < 1.29 is 4.74 Å². The van der Waals surface area contributed by atoms with Gasteiger partial charge in [0.05, 0.1) is 16.9 Å². The highest BCUT2D eigenvalue weighted by Crippen LogP contribution is 2.41. The van der Waals surface area contributed by atoms with E-state index in [2.05, 4.69) is 107 Å². The SMILES string of the molecule is Cc1ccccc1-c1cn2c3ncccc3c3ccc(Oc4ccc5c(c4)-n4c6ncccc6c6cccc(c64)C5)cc3c2n1. The Kier molecular flexibility index (Phi) is 4.89. The van der Waals surface area contributed by atoms with E-state index in [0.717, 1.165) is 68.0 Å². The number of pyridine rings is 3. The van der Waals surface area contributed by atoms with Gasteiger partial charge in [-0.15, -0.1) is 0 Å². The zero-order valence-corrected chi connectivity index (χ0v) is 24.4. The van der Waals surface area contributed by atoms with Gasteiger partial charge in [0.15, 0.2) is 0 Å². The molecule has 1 aliphatic heterocycles. The molecule has 1 aliphatic rings. The molecule has 0 fully saturated rings. The second-order valence-electron chi connectivity index (χ2n) is 11.8. The van der Waals surface area contributed by atoms with Crippen LogP contribution in [0.25, 0.3) is 66.3 Å². The Hall–Kier alpha value is -6.01. The Bertz CT molecular complexity index is 2680. The Morgan fingerprint density at radius 2 is 1.40 bits per heavy atom. The summed E-state index contributed by atoms with van der Waals surface area (Å²) >= 11 is 0. The van der Waals surface area contributed by atoms with Crippen molar-refractivity contribution in [3.8, 4) is 28.4 Å². The monoisotopic (exact) mass is 579 g/mol. The molecule has 0 N–H and O–H groups in total. The van der Waals surface area contributed by atoms with Crippen molar-refractivity contribution >= 4 is 49.4 Å². The quantitative estimate of drug-likeness (QED) is 0.196. The van der Waals surface area contributed by atoms with Crippen LogP contribution in [0.2, 0.25) is 0 Å². The maximum absolute atomic E-state index is 6.61. The molecule has 0 aliphatic carbocycles. The first kappa shape index (κ1) is 24.4. The van der Waals surface area contributed by atoms with Crippen LogP contribution in [0.1, 0.15) is 16.7 Å². The van der Waals surface area contributed by atoms with E-state index in [1.807, 2.05) is 30.6 Å². The summed E-state index contributed by atoms with van der Waals surface area (Å²) in [5.74, 6) is 1.53. The minimum Gasteiger partial charge on any atom is -0.457 e. The molecule has 0 unspecified atom stereocenters. The molecule has 5 aromatic heterocycles. The van der Waals surface area contributed by atoms with Crippen molar-refractivity contribution in [1.29, 1.82) is 0 Å². The second kappa shape index (κ2) is 9.00. The van der Waals surface area contributed by atoms with Crippen molar-refractivity contribution in [3.05, 3.63) is 138 Å². The number of ether oxygens (including phenoxy) is 1. The summed E-state index contributed by atoms with van der Waals surface area (Å²) in [6.45, 7) is 2.12. The molecule has 0 bridgehead atoms. The molecule has 0 saturated carbocycles. The lowest BCUT2D eigenvalue weighted by Crippen LogP contribution is -2.08. The fraction of sp³-hybridized carbons (Fsp3) is 0.0513. The number of benzene rings is 4. The molecule has 6 nitrogen and oxygen atoms in total. The Balaban J connectivity index is 1.13. The van der Waals surface area contributed by atoms with Crippen LogP contribution in [0, 0.1) is 6.92 Å². The van der Waals surface area contributed by atoms with Crippen LogP contribution in [0.3, 0.4) is 0 Å². The Morgan fingerprint density at radius 3 is 2.29 bits per heavy atom. The third kappa shape index (κ3) is 3.48.